The molecule has 2 rings (SSSR count). The van der Waals surface area contributed by atoms with E-state index in [0.29, 0.717) is 6.42 Å². The van der Waals surface area contributed by atoms with Gasteiger partial charge in [-0.3, -0.25) is 9.59 Å². The number of benzene rings is 1. The van der Waals surface area contributed by atoms with Crippen LogP contribution in [0.3, 0.4) is 0 Å². The van der Waals surface area contributed by atoms with Crippen molar-refractivity contribution in [2.75, 3.05) is 0 Å². The highest BCUT2D eigenvalue weighted by Gasteiger charge is 2.29. The van der Waals surface area contributed by atoms with E-state index in [-0.39, 0.29) is 18.2 Å². The van der Waals surface area contributed by atoms with E-state index >= 15 is 0 Å². The highest BCUT2D eigenvalue weighted by molar-refractivity contribution is 5.91. The molecule has 0 aliphatic carbocycles. The lowest BCUT2D eigenvalue weighted by atomic mass is 10.0. The molecule has 4 N–H and O–H groups in total. The fraction of sp³-hybridized carbons (Fsp3) is 0.676. The van der Waals surface area contributed by atoms with Gasteiger partial charge < -0.3 is 20.7 Å². The van der Waals surface area contributed by atoms with Crippen molar-refractivity contribution in [1.82, 2.24) is 15.6 Å². The molecule has 0 saturated carbocycles. The molecule has 0 bridgehead atoms. The molecule has 0 fully saturated rings. The number of aromatic nitrogens is 1. The van der Waals surface area contributed by atoms with E-state index in [4.69, 9.17) is 0 Å². The maximum Gasteiger partial charge on any atom is 0.326 e. The second-order valence-corrected chi connectivity index (χ2v) is 12.0. The number of nitrogens with one attached hydrogen (secondary N) is 3. The summed E-state index contributed by atoms with van der Waals surface area (Å²) < 4.78 is 0. The Balaban J connectivity index is 1.62. The molecule has 1 heterocycles. The topological polar surface area (TPSA) is 111 Å². The lowest BCUT2D eigenvalue weighted by Gasteiger charge is -2.24. The summed E-state index contributed by atoms with van der Waals surface area (Å²) in [7, 11) is 0. The van der Waals surface area contributed by atoms with Crippen LogP contribution in [-0.4, -0.2) is 40.0 Å². The van der Waals surface area contributed by atoms with Crippen LogP contribution in [-0.2, 0) is 20.8 Å². The van der Waals surface area contributed by atoms with Crippen LogP contribution in [0.5, 0.6) is 0 Å². The number of H-pyrrole nitrogens is 1. The zero-order valence-electron chi connectivity index (χ0n) is 25.8. The molecule has 2 atom stereocenters. The van der Waals surface area contributed by atoms with Gasteiger partial charge in [0.05, 0.1) is 0 Å². The summed E-state index contributed by atoms with van der Waals surface area (Å²) in [5.41, 5.74) is 1.75. The molecule has 2 aromatic rings. The second kappa shape index (κ2) is 20.1. The van der Waals surface area contributed by atoms with Gasteiger partial charge in [-0.1, -0.05) is 129 Å². The molecule has 1 aromatic carbocycles. The van der Waals surface area contributed by atoms with Gasteiger partial charge in [-0.2, -0.15) is 0 Å². The maximum absolute atomic E-state index is 13.0. The molecular weight excluding hydrogens is 514 g/mol. The number of para-hydroxylation sites is 1. The van der Waals surface area contributed by atoms with E-state index < -0.39 is 24.0 Å². The summed E-state index contributed by atoms with van der Waals surface area (Å²) in [6, 6.07) is 5.80. The van der Waals surface area contributed by atoms with Gasteiger partial charge in [-0.05, 0) is 24.0 Å². The normalized spacial score (nSPS) is 12.9. The zero-order valence-corrected chi connectivity index (χ0v) is 25.8. The summed E-state index contributed by atoms with van der Waals surface area (Å²) >= 11 is 0. The van der Waals surface area contributed by atoms with Crippen molar-refractivity contribution >= 4 is 28.7 Å². The highest BCUT2D eigenvalue weighted by Crippen LogP contribution is 2.19. The van der Waals surface area contributed by atoms with Crippen LogP contribution in [0.1, 0.15) is 129 Å². The van der Waals surface area contributed by atoms with E-state index in [1.54, 1.807) is 6.20 Å². The Morgan fingerprint density at radius 3 is 1.85 bits per heavy atom. The highest BCUT2D eigenvalue weighted by atomic mass is 16.4. The van der Waals surface area contributed by atoms with Gasteiger partial charge in [0, 0.05) is 29.9 Å². The number of carbonyl (C=O) groups excluding carboxylic acids is 2. The molecule has 41 heavy (non-hydrogen) atoms. The van der Waals surface area contributed by atoms with E-state index in [1.165, 1.54) is 77.0 Å². The maximum atomic E-state index is 13.0. The number of carbonyl (C=O) groups is 3. The molecule has 7 heteroatoms. The standard InChI is InChI=1S/C34H55N3O4/c1-4-5-6-7-8-9-10-11-12-13-14-15-16-17-18-23-31(38)37-32(26(2)3)33(39)36-30(34(40)41)24-27-25-35-29-22-20-19-21-28(27)29/h19-22,25-26,30,32,35H,4-18,23-24H2,1-3H3,(H,36,39)(H,37,38)(H,40,41)/t30-,32-/m0/s1. The van der Waals surface area contributed by atoms with Crippen LogP contribution in [0, 0.1) is 5.92 Å². The Morgan fingerprint density at radius 2 is 1.32 bits per heavy atom. The predicted octanol–water partition coefficient (Wildman–Crippen LogP) is 7.68. The predicted molar refractivity (Wildman–Crippen MR) is 168 cm³/mol. The van der Waals surface area contributed by atoms with E-state index in [1.807, 2.05) is 38.1 Å². The van der Waals surface area contributed by atoms with Gasteiger partial charge in [-0.25, -0.2) is 4.79 Å². The first kappa shape index (κ1) is 34.4. The van der Waals surface area contributed by atoms with Crippen molar-refractivity contribution in [3.63, 3.8) is 0 Å². The Hall–Kier alpha value is -2.83. The number of hydrogen-bond acceptors (Lipinski definition) is 3. The number of amides is 2. The Morgan fingerprint density at radius 1 is 0.780 bits per heavy atom. The molecule has 7 nitrogen and oxygen atoms in total. The number of hydrogen-bond donors (Lipinski definition) is 4. The Labute approximate surface area is 247 Å². The van der Waals surface area contributed by atoms with Crippen LogP contribution < -0.4 is 10.6 Å². The Kier molecular flexibility index (Phi) is 16.9. The molecular formula is C34H55N3O4. The number of fused-ring (bicyclic) bond motifs is 1. The van der Waals surface area contributed by atoms with Gasteiger partial charge in [0.2, 0.25) is 11.8 Å². The minimum absolute atomic E-state index is 0.156. The lowest BCUT2D eigenvalue weighted by Crippen LogP contribution is -2.54. The molecule has 2 amide bonds. The molecule has 0 aliphatic rings. The van der Waals surface area contributed by atoms with Gasteiger partial charge in [0.15, 0.2) is 0 Å². The summed E-state index contributed by atoms with van der Waals surface area (Å²) in [6.07, 6.45) is 21.4. The SMILES string of the molecule is CCCCCCCCCCCCCCCCCC(=O)N[C@H](C(=O)N[C@@H](Cc1c[nH]c2ccccc12)C(=O)O)C(C)C. The first-order valence-electron chi connectivity index (χ1n) is 16.2. The van der Waals surface area contributed by atoms with Crippen LogP contribution in [0.2, 0.25) is 0 Å². The lowest BCUT2D eigenvalue weighted by molar-refractivity contribution is -0.142. The average Bonchev–Trinajstić information content (AvgIpc) is 3.35. The molecule has 0 radical (unpaired) electrons. The third-order valence-electron chi connectivity index (χ3n) is 7.99. The van der Waals surface area contributed by atoms with Crippen molar-refractivity contribution < 1.29 is 19.5 Å². The number of aliphatic carboxylic acids is 1. The minimum Gasteiger partial charge on any atom is -0.480 e. The first-order valence-corrected chi connectivity index (χ1v) is 16.2. The summed E-state index contributed by atoms with van der Waals surface area (Å²) in [4.78, 5) is 40.8. The van der Waals surface area contributed by atoms with Crippen molar-refractivity contribution in [1.29, 1.82) is 0 Å². The van der Waals surface area contributed by atoms with Crippen LogP contribution in [0.4, 0.5) is 0 Å². The Bertz CT molecular complexity index is 1030. The first-order chi connectivity index (χ1) is 19.8. The summed E-state index contributed by atoms with van der Waals surface area (Å²) in [5, 5.41) is 16.2. The third-order valence-corrected chi connectivity index (χ3v) is 7.99. The number of aromatic amines is 1. The van der Waals surface area contributed by atoms with E-state index in [9.17, 15) is 19.5 Å². The van der Waals surface area contributed by atoms with Crippen molar-refractivity contribution in [2.45, 2.75) is 142 Å². The molecule has 0 aliphatic heterocycles. The fourth-order valence-corrected chi connectivity index (χ4v) is 5.42. The molecule has 0 saturated heterocycles. The average molecular weight is 570 g/mol. The van der Waals surface area contributed by atoms with Gasteiger partial charge in [-0.15, -0.1) is 0 Å². The smallest absolute Gasteiger partial charge is 0.326 e. The van der Waals surface area contributed by atoms with Crippen molar-refractivity contribution in [2.24, 2.45) is 5.92 Å². The quantitative estimate of drug-likeness (QED) is 0.103. The van der Waals surface area contributed by atoms with Crippen LogP contribution >= 0.6 is 0 Å². The minimum atomic E-state index is -1.10. The van der Waals surface area contributed by atoms with Gasteiger partial charge in [0.25, 0.3) is 0 Å². The summed E-state index contributed by atoms with van der Waals surface area (Å²) in [6.45, 7) is 5.97. The second-order valence-electron chi connectivity index (χ2n) is 12.0. The van der Waals surface area contributed by atoms with E-state index in [0.717, 1.165) is 35.7 Å². The number of unbranched alkanes of at least 4 members (excludes halogenated alkanes) is 14. The fourth-order valence-electron chi connectivity index (χ4n) is 5.42. The molecule has 230 valence electrons. The number of rotatable bonds is 23. The molecule has 1 aromatic heterocycles. The van der Waals surface area contributed by atoms with Crippen LogP contribution in [0.15, 0.2) is 30.5 Å². The van der Waals surface area contributed by atoms with Crippen molar-refractivity contribution in [3.8, 4) is 0 Å². The van der Waals surface area contributed by atoms with Crippen LogP contribution in [0.25, 0.3) is 10.9 Å². The number of carboxylic acid groups (broad SMARTS) is 1. The zero-order chi connectivity index (χ0) is 29.9. The van der Waals surface area contributed by atoms with Gasteiger partial charge >= 0.3 is 5.97 Å². The van der Waals surface area contributed by atoms with E-state index in [2.05, 4.69) is 22.5 Å². The molecule has 0 unspecified atom stereocenters. The largest absolute Gasteiger partial charge is 0.480 e. The monoisotopic (exact) mass is 569 g/mol. The molecule has 0 spiro atoms. The third kappa shape index (κ3) is 13.6. The summed E-state index contributed by atoms with van der Waals surface area (Å²) in [5.74, 6) is -1.88. The number of carboxylic acids is 1. The van der Waals surface area contributed by atoms with Gasteiger partial charge in [0.1, 0.15) is 12.1 Å². The van der Waals surface area contributed by atoms with Crippen molar-refractivity contribution in [3.05, 3.63) is 36.0 Å².